The first kappa shape index (κ1) is 10.0. The maximum Gasteiger partial charge on any atom is 0.00935 e. The van der Waals surface area contributed by atoms with E-state index in [4.69, 9.17) is 5.73 Å². The van der Waals surface area contributed by atoms with Crippen LogP contribution in [0.15, 0.2) is 0 Å². The molecule has 0 saturated heterocycles. The van der Waals surface area contributed by atoms with Crippen LogP contribution in [0.4, 0.5) is 0 Å². The minimum Gasteiger partial charge on any atom is -0.327 e. The number of hydrogen-bond donors (Lipinski definition) is 1. The van der Waals surface area contributed by atoms with Crippen LogP contribution in [-0.4, -0.2) is 31.6 Å². The summed E-state index contributed by atoms with van der Waals surface area (Å²) in [5.41, 5.74) is 6.07. The largest absolute Gasteiger partial charge is 0.327 e. The fraction of sp³-hybridized carbons (Fsp3) is 1.00. The molecule has 12 heavy (non-hydrogen) atoms. The van der Waals surface area contributed by atoms with Gasteiger partial charge in [-0.25, -0.2) is 0 Å². The smallest absolute Gasteiger partial charge is 0.00935 e. The average Bonchev–Trinajstić information content (AvgIpc) is 2.17. The Hall–Kier alpha value is -0.0800. The first-order valence-electron chi connectivity index (χ1n) is 4.92. The predicted molar refractivity (Wildman–Crippen MR) is 53.0 cm³/mol. The summed E-state index contributed by atoms with van der Waals surface area (Å²) < 4.78 is 0. The first-order valence-corrected chi connectivity index (χ1v) is 4.92. The Balaban J connectivity index is 2.47. The van der Waals surface area contributed by atoms with Gasteiger partial charge in [0.05, 0.1) is 0 Å². The Labute approximate surface area is 76.1 Å². The van der Waals surface area contributed by atoms with Crippen molar-refractivity contribution >= 4 is 0 Å². The molecule has 4 unspecified atom stereocenters. The van der Waals surface area contributed by atoms with Gasteiger partial charge in [-0.2, -0.15) is 0 Å². The van der Waals surface area contributed by atoms with Gasteiger partial charge in [-0.05, 0) is 38.3 Å². The molecule has 72 valence electrons. The number of nitrogens with zero attached hydrogens (tertiary/aromatic N) is 1. The molecule has 1 aliphatic carbocycles. The second kappa shape index (κ2) is 3.75. The van der Waals surface area contributed by atoms with Gasteiger partial charge in [0.25, 0.3) is 0 Å². The van der Waals surface area contributed by atoms with Crippen LogP contribution in [0.5, 0.6) is 0 Å². The molecule has 4 atom stereocenters. The molecular weight excluding hydrogens is 148 g/mol. The molecular formula is C10H22N2. The van der Waals surface area contributed by atoms with Crippen molar-refractivity contribution in [2.75, 3.05) is 20.6 Å². The molecule has 1 fully saturated rings. The standard InChI is InChI=1S/C10H22N2/c1-7-5-9(6-12(3)4)8(2)10(7)11/h7-10H,5-6,11H2,1-4H3. The highest BCUT2D eigenvalue weighted by Crippen LogP contribution is 2.35. The van der Waals surface area contributed by atoms with E-state index in [-0.39, 0.29) is 0 Å². The molecule has 0 heterocycles. The zero-order valence-electron chi connectivity index (χ0n) is 8.75. The van der Waals surface area contributed by atoms with Gasteiger partial charge < -0.3 is 10.6 Å². The third-order valence-electron chi connectivity index (χ3n) is 3.28. The van der Waals surface area contributed by atoms with Crippen molar-refractivity contribution in [1.82, 2.24) is 4.90 Å². The first-order chi connectivity index (χ1) is 5.52. The minimum absolute atomic E-state index is 0.426. The van der Waals surface area contributed by atoms with Crippen molar-refractivity contribution in [2.45, 2.75) is 26.3 Å². The summed E-state index contributed by atoms with van der Waals surface area (Å²) >= 11 is 0. The molecule has 0 bridgehead atoms. The van der Waals surface area contributed by atoms with Crippen molar-refractivity contribution in [3.8, 4) is 0 Å². The van der Waals surface area contributed by atoms with E-state index in [1.165, 1.54) is 13.0 Å². The predicted octanol–water partition coefficient (Wildman–Crippen LogP) is 1.17. The van der Waals surface area contributed by atoms with Gasteiger partial charge in [0.1, 0.15) is 0 Å². The zero-order valence-corrected chi connectivity index (χ0v) is 8.75. The van der Waals surface area contributed by atoms with Crippen molar-refractivity contribution in [1.29, 1.82) is 0 Å². The summed E-state index contributed by atoms with van der Waals surface area (Å²) in [4.78, 5) is 2.27. The van der Waals surface area contributed by atoms with Gasteiger partial charge in [0, 0.05) is 12.6 Å². The molecule has 2 nitrogen and oxygen atoms in total. The molecule has 0 amide bonds. The van der Waals surface area contributed by atoms with E-state index in [0.29, 0.717) is 17.9 Å². The topological polar surface area (TPSA) is 29.3 Å². The van der Waals surface area contributed by atoms with Crippen molar-refractivity contribution < 1.29 is 0 Å². The quantitative estimate of drug-likeness (QED) is 0.674. The van der Waals surface area contributed by atoms with E-state index in [1.807, 2.05) is 0 Å². The number of rotatable bonds is 2. The van der Waals surface area contributed by atoms with Gasteiger partial charge >= 0.3 is 0 Å². The maximum absolute atomic E-state index is 6.07. The van der Waals surface area contributed by atoms with Crippen LogP contribution in [0.3, 0.4) is 0 Å². The monoisotopic (exact) mass is 170 g/mol. The van der Waals surface area contributed by atoms with E-state index in [2.05, 4.69) is 32.8 Å². The Bertz CT molecular complexity index is 143. The van der Waals surface area contributed by atoms with Crippen LogP contribution < -0.4 is 5.73 Å². The molecule has 2 heteroatoms. The van der Waals surface area contributed by atoms with Gasteiger partial charge in [0.15, 0.2) is 0 Å². The van der Waals surface area contributed by atoms with Crippen molar-refractivity contribution in [3.63, 3.8) is 0 Å². The highest BCUT2D eigenvalue weighted by molar-refractivity contribution is 4.90. The molecule has 0 radical (unpaired) electrons. The highest BCUT2D eigenvalue weighted by atomic mass is 15.1. The lowest BCUT2D eigenvalue weighted by molar-refractivity contribution is 0.278. The Kier molecular flexibility index (Phi) is 3.13. The minimum atomic E-state index is 0.426. The van der Waals surface area contributed by atoms with Gasteiger partial charge in [-0.1, -0.05) is 13.8 Å². The Morgan fingerprint density at radius 2 is 1.92 bits per heavy atom. The summed E-state index contributed by atoms with van der Waals surface area (Å²) in [7, 11) is 4.28. The van der Waals surface area contributed by atoms with Crippen LogP contribution in [0.1, 0.15) is 20.3 Å². The molecule has 0 spiro atoms. The molecule has 0 aromatic rings. The lowest BCUT2D eigenvalue weighted by Gasteiger charge is -2.21. The van der Waals surface area contributed by atoms with Gasteiger partial charge in [-0.15, -0.1) is 0 Å². The van der Waals surface area contributed by atoms with E-state index >= 15 is 0 Å². The van der Waals surface area contributed by atoms with Crippen molar-refractivity contribution in [3.05, 3.63) is 0 Å². The van der Waals surface area contributed by atoms with Gasteiger partial charge in [0.2, 0.25) is 0 Å². The number of nitrogens with two attached hydrogens (primary N) is 1. The fourth-order valence-corrected chi connectivity index (χ4v) is 2.39. The van der Waals surface area contributed by atoms with Crippen LogP contribution >= 0.6 is 0 Å². The summed E-state index contributed by atoms with van der Waals surface area (Å²) in [6.45, 7) is 5.76. The lowest BCUT2D eigenvalue weighted by atomic mass is 9.95. The SMILES string of the molecule is CC1CC(CN(C)C)C(C)C1N. The molecule has 1 saturated carbocycles. The summed E-state index contributed by atoms with van der Waals surface area (Å²) in [5.74, 6) is 2.22. The maximum atomic E-state index is 6.07. The van der Waals surface area contributed by atoms with Crippen LogP contribution in [-0.2, 0) is 0 Å². The summed E-state index contributed by atoms with van der Waals surface area (Å²) in [6, 6.07) is 0.426. The molecule has 1 aliphatic rings. The summed E-state index contributed by atoms with van der Waals surface area (Å²) in [6.07, 6.45) is 1.31. The second-order valence-corrected chi connectivity index (χ2v) is 4.67. The highest BCUT2D eigenvalue weighted by Gasteiger charge is 2.35. The zero-order chi connectivity index (χ0) is 9.30. The molecule has 1 rings (SSSR count). The molecule has 2 N–H and O–H groups in total. The van der Waals surface area contributed by atoms with E-state index in [0.717, 1.165) is 5.92 Å². The Morgan fingerprint density at radius 3 is 2.25 bits per heavy atom. The molecule has 0 aliphatic heterocycles. The van der Waals surface area contributed by atoms with E-state index < -0.39 is 0 Å². The van der Waals surface area contributed by atoms with E-state index in [9.17, 15) is 0 Å². The van der Waals surface area contributed by atoms with Crippen LogP contribution in [0.2, 0.25) is 0 Å². The number of hydrogen-bond acceptors (Lipinski definition) is 2. The third-order valence-corrected chi connectivity index (χ3v) is 3.28. The van der Waals surface area contributed by atoms with Gasteiger partial charge in [-0.3, -0.25) is 0 Å². The van der Waals surface area contributed by atoms with E-state index in [1.54, 1.807) is 0 Å². The summed E-state index contributed by atoms with van der Waals surface area (Å²) in [5, 5.41) is 0. The van der Waals surface area contributed by atoms with Crippen LogP contribution in [0, 0.1) is 17.8 Å². The normalized spacial score (nSPS) is 42.5. The Morgan fingerprint density at radius 1 is 1.33 bits per heavy atom. The molecule has 0 aromatic carbocycles. The van der Waals surface area contributed by atoms with Crippen LogP contribution in [0.25, 0.3) is 0 Å². The lowest BCUT2D eigenvalue weighted by Crippen LogP contribution is -2.32. The average molecular weight is 170 g/mol. The second-order valence-electron chi connectivity index (χ2n) is 4.67. The third kappa shape index (κ3) is 1.99. The van der Waals surface area contributed by atoms with Crippen molar-refractivity contribution in [2.24, 2.45) is 23.5 Å². The fourth-order valence-electron chi connectivity index (χ4n) is 2.39. The molecule has 0 aromatic heterocycles.